The first-order valence-electron chi connectivity index (χ1n) is 6.73. The van der Waals surface area contributed by atoms with E-state index >= 15 is 0 Å². The van der Waals surface area contributed by atoms with Crippen molar-refractivity contribution in [3.8, 4) is 5.88 Å². The number of para-hydroxylation sites is 1. The van der Waals surface area contributed by atoms with E-state index in [1.165, 1.54) is 0 Å². The zero-order valence-electron chi connectivity index (χ0n) is 11.9. The summed E-state index contributed by atoms with van der Waals surface area (Å²) in [7, 11) is 1.92. The van der Waals surface area contributed by atoms with Gasteiger partial charge in [-0.3, -0.25) is 0 Å². The van der Waals surface area contributed by atoms with Crippen molar-refractivity contribution >= 4 is 11.6 Å². The van der Waals surface area contributed by atoms with E-state index in [0.29, 0.717) is 25.0 Å². The van der Waals surface area contributed by atoms with Gasteiger partial charge in [0.1, 0.15) is 0 Å². The second-order valence-electron chi connectivity index (χ2n) is 4.44. The van der Waals surface area contributed by atoms with Gasteiger partial charge in [-0.25, -0.2) is 4.98 Å². The van der Waals surface area contributed by atoms with Crippen LogP contribution in [0.2, 0.25) is 0 Å². The van der Waals surface area contributed by atoms with Crippen LogP contribution in [-0.2, 0) is 6.54 Å². The standard InChI is InChI=1S/C15H20N4O/c1-3-10-20-14-8-9-17-15(18-14)19(2)13-7-5-4-6-12(13)11-16/h4-9H,3,10-11,16H2,1-2H3. The average molecular weight is 272 g/mol. The maximum atomic E-state index is 5.77. The third-order valence-corrected chi connectivity index (χ3v) is 2.94. The third kappa shape index (κ3) is 3.24. The molecule has 106 valence electrons. The largest absolute Gasteiger partial charge is 0.478 e. The van der Waals surface area contributed by atoms with E-state index in [1.807, 2.05) is 36.2 Å². The summed E-state index contributed by atoms with van der Waals surface area (Å²) in [5, 5.41) is 0. The molecule has 0 radical (unpaired) electrons. The summed E-state index contributed by atoms with van der Waals surface area (Å²) in [5.74, 6) is 1.19. The van der Waals surface area contributed by atoms with Crippen molar-refractivity contribution in [2.45, 2.75) is 19.9 Å². The molecule has 0 saturated heterocycles. The van der Waals surface area contributed by atoms with Crippen LogP contribution in [0, 0.1) is 0 Å². The van der Waals surface area contributed by atoms with Gasteiger partial charge < -0.3 is 15.4 Å². The van der Waals surface area contributed by atoms with Crippen LogP contribution in [0.15, 0.2) is 36.5 Å². The summed E-state index contributed by atoms with van der Waals surface area (Å²) < 4.78 is 5.54. The zero-order valence-corrected chi connectivity index (χ0v) is 11.9. The monoisotopic (exact) mass is 272 g/mol. The molecule has 0 aliphatic carbocycles. The molecule has 1 aromatic carbocycles. The molecule has 0 atom stereocenters. The van der Waals surface area contributed by atoms with Crippen LogP contribution in [0.4, 0.5) is 11.6 Å². The summed E-state index contributed by atoms with van der Waals surface area (Å²) in [4.78, 5) is 10.6. The number of anilines is 2. The maximum Gasteiger partial charge on any atom is 0.232 e. The van der Waals surface area contributed by atoms with Crippen molar-refractivity contribution in [3.63, 3.8) is 0 Å². The Bertz CT molecular complexity index is 559. The van der Waals surface area contributed by atoms with Crippen molar-refractivity contribution in [3.05, 3.63) is 42.1 Å². The second kappa shape index (κ2) is 6.86. The molecule has 20 heavy (non-hydrogen) atoms. The van der Waals surface area contributed by atoms with Gasteiger partial charge in [0.2, 0.25) is 11.8 Å². The smallest absolute Gasteiger partial charge is 0.232 e. The van der Waals surface area contributed by atoms with Crippen molar-refractivity contribution < 1.29 is 4.74 Å². The highest BCUT2D eigenvalue weighted by atomic mass is 16.5. The maximum absolute atomic E-state index is 5.77. The molecule has 0 fully saturated rings. The van der Waals surface area contributed by atoms with Crippen molar-refractivity contribution in [1.82, 2.24) is 9.97 Å². The van der Waals surface area contributed by atoms with Crippen molar-refractivity contribution in [2.24, 2.45) is 5.73 Å². The predicted octanol–water partition coefficient (Wildman–Crippen LogP) is 2.49. The van der Waals surface area contributed by atoms with Crippen LogP contribution >= 0.6 is 0 Å². The lowest BCUT2D eigenvalue weighted by molar-refractivity contribution is 0.305. The first-order valence-corrected chi connectivity index (χ1v) is 6.73. The van der Waals surface area contributed by atoms with Gasteiger partial charge in [0.25, 0.3) is 0 Å². The minimum atomic E-state index is 0.479. The van der Waals surface area contributed by atoms with E-state index in [9.17, 15) is 0 Å². The third-order valence-electron chi connectivity index (χ3n) is 2.94. The summed E-state index contributed by atoms with van der Waals surface area (Å²) in [6.07, 6.45) is 2.65. The Kier molecular flexibility index (Phi) is 4.90. The van der Waals surface area contributed by atoms with Crippen LogP contribution in [0.25, 0.3) is 0 Å². The first-order chi connectivity index (χ1) is 9.76. The Morgan fingerprint density at radius 2 is 2.05 bits per heavy atom. The number of rotatable bonds is 6. The lowest BCUT2D eigenvalue weighted by Crippen LogP contribution is -2.16. The van der Waals surface area contributed by atoms with Crippen LogP contribution in [-0.4, -0.2) is 23.6 Å². The van der Waals surface area contributed by atoms with Crippen LogP contribution in [0.5, 0.6) is 5.88 Å². The van der Waals surface area contributed by atoms with Crippen molar-refractivity contribution in [2.75, 3.05) is 18.6 Å². The molecule has 0 saturated carbocycles. The van der Waals surface area contributed by atoms with Gasteiger partial charge in [-0.1, -0.05) is 25.1 Å². The molecule has 0 bridgehead atoms. The molecule has 0 aliphatic rings. The summed E-state index contributed by atoms with van der Waals surface area (Å²) in [6.45, 7) is 3.19. The van der Waals surface area contributed by atoms with E-state index in [1.54, 1.807) is 12.3 Å². The topological polar surface area (TPSA) is 64.3 Å². The molecule has 0 amide bonds. The molecule has 2 rings (SSSR count). The lowest BCUT2D eigenvalue weighted by Gasteiger charge is -2.20. The minimum Gasteiger partial charge on any atom is -0.478 e. The fraction of sp³-hybridized carbons (Fsp3) is 0.333. The molecule has 0 spiro atoms. The molecule has 1 aromatic heterocycles. The summed E-state index contributed by atoms with van der Waals surface area (Å²) in [6, 6.07) is 9.72. The van der Waals surface area contributed by atoms with Gasteiger partial charge in [-0.2, -0.15) is 4.98 Å². The average Bonchev–Trinajstić information content (AvgIpc) is 2.52. The lowest BCUT2D eigenvalue weighted by atomic mass is 10.1. The molecule has 2 aromatic rings. The number of aromatic nitrogens is 2. The Morgan fingerprint density at radius 3 is 2.80 bits per heavy atom. The van der Waals surface area contributed by atoms with E-state index in [0.717, 1.165) is 17.7 Å². The van der Waals surface area contributed by atoms with Crippen LogP contribution < -0.4 is 15.4 Å². The number of benzene rings is 1. The van der Waals surface area contributed by atoms with Gasteiger partial charge in [-0.05, 0) is 18.1 Å². The summed E-state index contributed by atoms with van der Waals surface area (Å²) in [5.41, 5.74) is 7.83. The molecule has 0 unspecified atom stereocenters. The fourth-order valence-electron chi connectivity index (χ4n) is 1.90. The SMILES string of the molecule is CCCOc1ccnc(N(C)c2ccccc2CN)n1. The quantitative estimate of drug-likeness (QED) is 0.875. The Hall–Kier alpha value is -2.14. The molecule has 0 aliphatic heterocycles. The van der Waals surface area contributed by atoms with Gasteiger partial charge in [0.05, 0.1) is 6.61 Å². The van der Waals surface area contributed by atoms with Gasteiger partial charge >= 0.3 is 0 Å². The number of nitrogens with two attached hydrogens (primary N) is 1. The first kappa shape index (κ1) is 14.3. The molecule has 5 heteroatoms. The van der Waals surface area contributed by atoms with Gasteiger partial charge in [0, 0.05) is 31.5 Å². The number of nitrogens with zero attached hydrogens (tertiary/aromatic N) is 3. The zero-order chi connectivity index (χ0) is 14.4. The molecule has 2 N–H and O–H groups in total. The molecular formula is C15H20N4O. The van der Waals surface area contributed by atoms with Gasteiger partial charge in [0.15, 0.2) is 0 Å². The van der Waals surface area contributed by atoms with E-state index in [2.05, 4.69) is 16.9 Å². The number of hydrogen-bond acceptors (Lipinski definition) is 5. The van der Waals surface area contributed by atoms with Crippen LogP contribution in [0.1, 0.15) is 18.9 Å². The molecular weight excluding hydrogens is 252 g/mol. The van der Waals surface area contributed by atoms with Crippen molar-refractivity contribution in [1.29, 1.82) is 0 Å². The van der Waals surface area contributed by atoms with E-state index < -0.39 is 0 Å². The normalized spacial score (nSPS) is 10.3. The Morgan fingerprint density at radius 1 is 1.25 bits per heavy atom. The highest BCUT2D eigenvalue weighted by molar-refractivity contribution is 5.61. The van der Waals surface area contributed by atoms with E-state index in [4.69, 9.17) is 10.5 Å². The minimum absolute atomic E-state index is 0.479. The predicted molar refractivity (Wildman–Crippen MR) is 80.2 cm³/mol. The Balaban J connectivity index is 2.26. The fourth-order valence-corrected chi connectivity index (χ4v) is 1.90. The van der Waals surface area contributed by atoms with E-state index in [-0.39, 0.29) is 0 Å². The Labute approximate surface area is 119 Å². The number of ether oxygens (including phenoxy) is 1. The highest BCUT2D eigenvalue weighted by Gasteiger charge is 2.11. The summed E-state index contributed by atoms with van der Waals surface area (Å²) >= 11 is 0. The molecule has 5 nitrogen and oxygen atoms in total. The molecule has 1 heterocycles. The van der Waals surface area contributed by atoms with Crippen LogP contribution in [0.3, 0.4) is 0 Å². The second-order valence-corrected chi connectivity index (χ2v) is 4.44. The highest BCUT2D eigenvalue weighted by Crippen LogP contribution is 2.24. The van der Waals surface area contributed by atoms with Gasteiger partial charge in [-0.15, -0.1) is 0 Å². The number of hydrogen-bond donors (Lipinski definition) is 1.